The Labute approximate surface area is 212 Å². The van der Waals surface area contributed by atoms with Gasteiger partial charge >= 0.3 is 0 Å². The lowest BCUT2D eigenvalue weighted by Gasteiger charge is -2.32. The van der Waals surface area contributed by atoms with Crippen LogP contribution in [0.4, 0.5) is 4.39 Å². The van der Waals surface area contributed by atoms with Crippen LogP contribution in [-0.4, -0.2) is 68.7 Å². The van der Waals surface area contributed by atoms with Gasteiger partial charge in [-0.1, -0.05) is 38.2 Å². The summed E-state index contributed by atoms with van der Waals surface area (Å²) in [4.78, 5) is 25.9. The van der Waals surface area contributed by atoms with Crippen LogP contribution in [0.5, 0.6) is 0 Å². The molecule has 194 valence electrons. The van der Waals surface area contributed by atoms with E-state index < -0.39 is 0 Å². The Morgan fingerprint density at radius 1 is 1.08 bits per heavy atom. The van der Waals surface area contributed by atoms with Gasteiger partial charge in [-0.25, -0.2) is 9.37 Å². The molecule has 1 aliphatic carbocycles. The number of nitrogens with one attached hydrogen (secondary N) is 2. The molecule has 0 bridgehead atoms. The summed E-state index contributed by atoms with van der Waals surface area (Å²) >= 11 is 0. The summed E-state index contributed by atoms with van der Waals surface area (Å²) in [6.07, 6.45) is 9.61. The van der Waals surface area contributed by atoms with Crippen molar-refractivity contribution < 1.29 is 9.18 Å². The molecule has 2 N–H and O–H groups in total. The van der Waals surface area contributed by atoms with Crippen molar-refractivity contribution in [2.45, 2.75) is 57.5 Å². The molecule has 0 radical (unpaired) electrons. The van der Waals surface area contributed by atoms with E-state index in [2.05, 4.69) is 32.2 Å². The van der Waals surface area contributed by atoms with Gasteiger partial charge in [0.2, 0.25) is 0 Å². The standard InChI is InChI=1S/C27H38FN7O/c1-33-14-16-35(17-15-33)18-20-10-11-21-25(23(20)28)31-26(30-21)24(19-8-6-4-3-5-7-9-19)32-27(36)22-12-13-29-34(22)2/h10-13,19,24H,3-9,14-18H2,1-2H3,(H,30,31)(H,32,36). The van der Waals surface area contributed by atoms with E-state index in [0.717, 1.165) is 51.9 Å². The van der Waals surface area contributed by atoms with E-state index in [9.17, 15) is 4.79 Å². The lowest BCUT2D eigenvalue weighted by molar-refractivity contribution is 0.0902. The number of hydrogen-bond acceptors (Lipinski definition) is 5. The van der Waals surface area contributed by atoms with Crippen molar-refractivity contribution in [1.29, 1.82) is 0 Å². The van der Waals surface area contributed by atoms with Crippen molar-refractivity contribution in [2.24, 2.45) is 13.0 Å². The highest BCUT2D eigenvalue weighted by atomic mass is 19.1. The number of nitrogens with zero attached hydrogens (tertiary/aromatic N) is 5. The third-order valence-electron chi connectivity index (χ3n) is 7.94. The Hall–Kier alpha value is -2.78. The Morgan fingerprint density at radius 2 is 1.81 bits per heavy atom. The number of aryl methyl sites for hydroxylation is 1. The molecule has 9 heteroatoms. The van der Waals surface area contributed by atoms with Crippen LogP contribution in [0.1, 0.15) is 72.9 Å². The smallest absolute Gasteiger partial charge is 0.270 e. The maximum atomic E-state index is 15.7. The van der Waals surface area contributed by atoms with Crippen LogP contribution in [0, 0.1) is 11.7 Å². The molecule has 36 heavy (non-hydrogen) atoms. The number of halogens is 1. The van der Waals surface area contributed by atoms with E-state index in [1.54, 1.807) is 24.0 Å². The Morgan fingerprint density at radius 3 is 2.50 bits per heavy atom. The Balaban J connectivity index is 1.43. The zero-order chi connectivity index (χ0) is 25.1. The first kappa shape index (κ1) is 24.9. The van der Waals surface area contributed by atoms with E-state index in [0.29, 0.717) is 34.7 Å². The lowest BCUT2D eigenvalue weighted by Crippen LogP contribution is -2.44. The fourth-order valence-electron chi connectivity index (χ4n) is 5.66. The van der Waals surface area contributed by atoms with Crippen LogP contribution < -0.4 is 5.32 Å². The monoisotopic (exact) mass is 495 g/mol. The molecule has 5 rings (SSSR count). The number of amides is 1. The predicted octanol–water partition coefficient (Wildman–Crippen LogP) is 4.01. The van der Waals surface area contributed by atoms with Gasteiger partial charge in [-0.05, 0) is 37.9 Å². The zero-order valence-corrected chi connectivity index (χ0v) is 21.5. The van der Waals surface area contributed by atoms with Gasteiger partial charge in [0.25, 0.3) is 5.91 Å². The summed E-state index contributed by atoms with van der Waals surface area (Å²) in [5.74, 6) is 0.444. The normalized spacial score (nSPS) is 19.8. The second-order valence-corrected chi connectivity index (χ2v) is 10.5. The van der Waals surface area contributed by atoms with Crippen molar-refractivity contribution >= 4 is 16.9 Å². The molecule has 1 aromatic carbocycles. The van der Waals surface area contributed by atoms with Crippen LogP contribution in [0.15, 0.2) is 24.4 Å². The van der Waals surface area contributed by atoms with E-state index in [4.69, 9.17) is 4.98 Å². The molecule has 1 amide bonds. The van der Waals surface area contributed by atoms with Crippen LogP contribution in [0.2, 0.25) is 0 Å². The number of rotatable bonds is 6. The quantitative estimate of drug-likeness (QED) is 0.540. The number of piperazine rings is 1. The van der Waals surface area contributed by atoms with Crippen molar-refractivity contribution in [3.63, 3.8) is 0 Å². The summed E-state index contributed by atoms with van der Waals surface area (Å²) in [6.45, 7) is 4.44. The summed E-state index contributed by atoms with van der Waals surface area (Å²) in [7, 11) is 3.88. The molecule has 1 aliphatic heterocycles. The fourth-order valence-corrected chi connectivity index (χ4v) is 5.66. The second kappa shape index (κ2) is 11.1. The second-order valence-electron chi connectivity index (χ2n) is 10.5. The average Bonchev–Trinajstić information content (AvgIpc) is 3.47. The number of imidazole rings is 1. The zero-order valence-electron chi connectivity index (χ0n) is 21.5. The van der Waals surface area contributed by atoms with Crippen LogP contribution in [0.3, 0.4) is 0 Å². The summed E-state index contributed by atoms with van der Waals surface area (Å²) in [6, 6.07) is 5.21. The number of carbonyl (C=O) groups excluding carboxylic acids is 1. The summed E-state index contributed by atoms with van der Waals surface area (Å²) < 4.78 is 17.2. The number of benzene rings is 1. The molecule has 3 aromatic rings. The number of H-pyrrole nitrogens is 1. The molecule has 3 heterocycles. The van der Waals surface area contributed by atoms with E-state index in [1.807, 2.05) is 12.1 Å². The molecule has 2 aliphatic rings. The minimum absolute atomic E-state index is 0.182. The van der Waals surface area contributed by atoms with Gasteiger partial charge in [0.05, 0.1) is 11.6 Å². The lowest BCUT2D eigenvalue weighted by atomic mass is 9.85. The van der Waals surface area contributed by atoms with Gasteiger partial charge in [0.1, 0.15) is 17.0 Å². The Bertz CT molecular complexity index is 1170. The number of fused-ring (bicyclic) bond motifs is 1. The molecule has 2 fully saturated rings. The highest BCUT2D eigenvalue weighted by molar-refractivity contribution is 5.92. The van der Waals surface area contributed by atoms with Crippen LogP contribution >= 0.6 is 0 Å². The number of aromatic amines is 1. The molecular weight excluding hydrogens is 457 g/mol. The summed E-state index contributed by atoms with van der Waals surface area (Å²) in [5.41, 5.74) is 2.21. The van der Waals surface area contributed by atoms with Crippen LogP contribution in [0.25, 0.3) is 11.0 Å². The van der Waals surface area contributed by atoms with E-state index in [-0.39, 0.29) is 23.7 Å². The van der Waals surface area contributed by atoms with Gasteiger partial charge < -0.3 is 15.2 Å². The van der Waals surface area contributed by atoms with E-state index >= 15 is 4.39 Å². The number of carbonyl (C=O) groups is 1. The molecule has 8 nitrogen and oxygen atoms in total. The highest BCUT2D eigenvalue weighted by Crippen LogP contribution is 2.34. The molecule has 2 aromatic heterocycles. The van der Waals surface area contributed by atoms with Crippen LogP contribution in [-0.2, 0) is 13.6 Å². The summed E-state index contributed by atoms with van der Waals surface area (Å²) in [5, 5.41) is 7.37. The fraction of sp³-hybridized carbons (Fsp3) is 0.593. The number of hydrogen-bond donors (Lipinski definition) is 2. The number of aromatic nitrogens is 4. The molecule has 1 saturated heterocycles. The average molecular weight is 496 g/mol. The highest BCUT2D eigenvalue weighted by Gasteiger charge is 2.30. The van der Waals surface area contributed by atoms with Gasteiger partial charge in [0, 0.05) is 51.5 Å². The minimum Gasteiger partial charge on any atom is -0.340 e. The maximum Gasteiger partial charge on any atom is 0.270 e. The third-order valence-corrected chi connectivity index (χ3v) is 7.94. The SMILES string of the molecule is CN1CCN(Cc2ccc3[nH]c(C(NC(=O)c4ccnn4C)C4CCCCCCC4)nc3c2F)CC1. The number of likely N-dealkylation sites (N-methyl/N-ethyl adjacent to an activating group) is 1. The third kappa shape index (κ3) is 5.47. The first-order valence-corrected chi connectivity index (χ1v) is 13.4. The first-order valence-electron chi connectivity index (χ1n) is 13.4. The largest absolute Gasteiger partial charge is 0.340 e. The molecular formula is C27H38FN7O. The molecule has 1 atom stereocenters. The molecule has 0 spiro atoms. The van der Waals surface area contributed by atoms with E-state index in [1.165, 1.54) is 19.3 Å². The maximum absolute atomic E-state index is 15.7. The van der Waals surface area contributed by atoms with Crippen molar-refractivity contribution in [3.8, 4) is 0 Å². The van der Waals surface area contributed by atoms with Crippen molar-refractivity contribution in [1.82, 2.24) is 34.9 Å². The minimum atomic E-state index is -0.307. The van der Waals surface area contributed by atoms with Gasteiger partial charge in [-0.2, -0.15) is 5.10 Å². The van der Waals surface area contributed by atoms with Gasteiger partial charge in [-0.3, -0.25) is 14.4 Å². The first-order chi connectivity index (χ1) is 17.5. The Kier molecular flexibility index (Phi) is 7.67. The van der Waals surface area contributed by atoms with Gasteiger partial charge in [-0.15, -0.1) is 0 Å². The van der Waals surface area contributed by atoms with Gasteiger partial charge in [0.15, 0.2) is 5.82 Å². The molecule has 1 unspecified atom stereocenters. The van der Waals surface area contributed by atoms with Crippen molar-refractivity contribution in [2.75, 3.05) is 33.2 Å². The van der Waals surface area contributed by atoms with Crippen molar-refractivity contribution in [3.05, 3.63) is 47.3 Å². The molecule has 1 saturated carbocycles. The topological polar surface area (TPSA) is 82.1 Å². The predicted molar refractivity (Wildman–Crippen MR) is 138 cm³/mol.